The fourth-order valence-electron chi connectivity index (χ4n) is 1.64. The third kappa shape index (κ3) is 3.17. The Morgan fingerprint density at radius 2 is 2.11 bits per heavy atom. The zero-order valence-corrected chi connectivity index (χ0v) is 12.1. The lowest BCUT2D eigenvalue weighted by molar-refractivity contribution is 0.0655. The van der Waals surface area contributed by atoms with Crippen molar-refractivity contribution in [3.05, 3.63) is 51.9 Å². The number of hydrogen-bond acceptors (Lipinski definition) is 3. The number of aromatic carboxylic acids is 1. The number of aryl methyl sites for hydroxylation is 1. The van der Waals surface area contributed by atoms with Crippen LogP contribution in [-0.4, -0.2) is 11.1 Å². The van der Waals surface area contributed by atoms with Gasteiger partial charge >= 0.3 is 5.97 Å². The standard InChI is InChI=1S/C14H13BrO4/c1-8-3-4-10(15)7-13(8)18-9(2)11-5-6-12(19-11)14(16)17/h3-7,9H,1-2H3,(H,16,17). The maximum Gasteiger partial charge on any atom is 0.371 e. The number of carboxylic acid groups (broad SMARTS) is 1. The monoisotopic (exact) mass is 324 g/mol. The summed E-state index contributed by atoms with van der Waals surface area (Å²) in [5.74, 6) is 0.0421. The first-order valence-electron chi connectivity index (χ1n) is 5.73. The second-order valence-corrected chi connectivity index (χ2v) is 5.09. The molecule has 19 heavy (non-hydrogen) atoms. The van der Waals surface area contributed by atoms with E-state index in [2.05, 4.69) is 15.9 Å². The highest BCUT2D eigenvalue weighted by Crippen LogP contribution is 2.28. The SMILES string of the molecule is Cc1ccc(Br)cc1OC(C)c1ccc(C(=O)O)o1. The lowest BCUT2D eigenvalue weighted by Crippen LogP contribution is -2.03. The van der Waals surface area contributed by atoms with Gasteiger partial charge in [0, 0.05) is 4.47 Å². The predicted octanol–water partition coefficient (Wildman–Crippen LogP) is 4.19. The van der Waals surface area contributed by atoms with Crippen LogP contribution in [0.5, 0.6) is 5.75 Å². The van der Waals surface area contributed by atoms with Crippen LogP contribution in [0.2, 0.25) is 0 Å². The topological polar surface area (TPSA) is 59.7 Å². The van der Waals surface area contributed by atoms with Gasteiger partial charge in [-0.25, -0.2) is 4.79 Å². The number of benzene rings is 1. The summed E-state index contributed by atoms with van der Waals surface area (Å²) >= 11 is 3.38. The van der Waals surface area contributed by atoms with Crippen LogP contribution in [0.15, 0.2) is 39.2 Å². The summed E-state index contributed by atoms with van der Waals surface area (Å²) in [6, 6.07) is 8.78. The molecule has 1 aromatic carbocycles. The van der Waals surface area contributed by atoms with Crippen LogP contribution in [0.4, 0.5) is 0 Å². The molecule has 0 radical (unpaired) electrons. The molecular formula is C14H13BrO4. The van der Waals surface area contributed by atoms with E-state index in [-0.39, 0.29) is 11.9 Å². The lowest BCUT2D eigenvalue weighted by Gasteiger charge is -2.14. The molecule has 1 aromatic heterocycles. The molecule has 2 rings (SSSR count). The zero-order chi connectivity index (χ0) is 14.0. The summed E-state index contributed by atoms with van der Waals surface area (Å²) in [4.78, 5) is 10.8. The summed E-state index contributed by atoms with van der Waals surface area (Å²) < 4.78 is 11.9. The highest BCUT2D eigenvalue weighted by Gasteiger charge is 2.16. The highest BCUT2D eigenvalue weighted by atomic mass is 79.9. The van der Waals surface area contributed by atoms with Crippen LogP contribution in [0.25, 0.3) is 0 Å². The van der Waals surface area contributed by atoms with Gasteiger partial charge in [0.15, 0.2) is 6.10 Å². The number of halogens is 1. The maximum absolute atomic E-state index is 10.8. The number of carboxylic acids is 1. The van der Waals surface area contributed by atoms with Gasteiger partial charge in [-0.1, -0.05) is 22.0 Å². The molecule has 0 aliphatic carbocycles. The Balaban J connectivity index is 2.17. The van der Waals surface area contributed by atoms with Crippen molar-refractivity contribution < 1.29 is 19.1 Å². The van der Waals surface area contributed by atoms with E-state index < -0.39 is 5.97 Å². The minimum atomic E-state index is -1.09. The molecule has 2 aromatic rings. The van der Waals surface area contributed by atoms with E-state index in [1.165, 1.54) is 6.07 Å². The molecule has 5 heteroatoms. The Hall–Kier alpha value is -1.75. The van der Waals surface area contributed by atoms with Crippen molar-refractivity contribution in [3.63, 3.8) is 0 Å². The van der Waals surface area contributed by atoms with Crippen molar-refractivity contribution in [1.29, 1.82) is 0 Å². The largest absolute Gasteiger partial charge is 0.482 e. The van der Waals surface area contributed by atoms with Crippen molar-refractivity contribution in [1.82, 2.24) is 0 Å². The number of furan rings is 1. The molecule has 0 saturated carbocycles. The molecule has 0 aliphatic rings. The van der Waals surface area contributed by atoms with Crippen molar-refractivity contribution in [3.8, 4) is 5.75 Å². The van der Waals surface area contributed by atoms with Crippen LogP contribution in [0.1, 0.15) is 34.9 Å². The quantitative estimate of drug-likeness (QED) is 0.916. The second kappa shape index (κ2) is 5.48. The van der Waals surface area contributed by atoms with Gasteiger partial charge in [-0.05, 0) is 43.7 Å². The predicted molar refractivity (Wildman–Crippen MR) is 73.6 cm³/mol. The van der Waals surface area contributed by atoms with Crippen molar-refractivity contribution >= 4 is 21.9 Å². The zero-order valence-electron chi connectivity index (χ0n) is 10.5. The van der Waals surface area contributed by atoms with Gasteiger partial charge in [-0.3, -0.25) is 0 Å². The number of ether oxygens (including phenoxy) is 1. The Bertz CT molecular complexity index is 603. The lowest BCUT2D eigenvalue weighted by atomic mass is 10.2. The van der Waals surface area contributed by atoms with Gasteiger partial charge in [0.25, 0.3) is 0 Å². The first-order valence-corrected chi connectivity index (χ1v) is 6.52. The first kappa shape index (κ1) is 13.7. The van der Waals surface area contributed by atoms with E-state index in [0.717, 1.165) is 15.8 Å². The molecule has 0 spiro atoms. The van der Waals surface area contributed by atoms with Gasteiger partial charge < -0.3 is 14.3 Å². The van der Waals surface area contributed by atoms with Crippen LogP contribution >= 0.6 is 15.9 Å². The Labute approximate surface area is 119 Å². The summed E-state index contributed by atoms with van der Waals surface area (Å²) in [7, 11) is 0. The summed E-state index contributed by atoms with van der Waals surface area (Å²) in [6.45, 7) is 3.75. The van der Waals surface area contributed by atoms with Crippen LogP contribution in [0, 0.1) is 6.92 Å². The van der Waals surface area contributed by atoms with Gasteiger partial charge in [-0.2, -0.15) is 0 Å². The molecule has 1 N–H and O–H groups in total. The average Bonchev–Trinajstić information content (AvgIpc) is 2.83. The molecule has 0 aliphatic heterocycles. The summed E-state index contributed by atoms with van der Waals surface area (Å²) in [5.41, 5.74) is 1.00. The number of carbonyl (C=O) groups is 1. The minimum Gasteiger partial charge on any atom is -0.482 e. The number of rotatable bonds is 4. The van der Waals surface area contributed by atoms with Gasteiger partial charge in [0.1, 0.15) is 11.5 Å². The van der Waals surface area contributed by atoms with E-state index in [1.807, 2.05) is 32.0 Å². The third-order valence-electron chi connectivity index (χ3n) is 2.69. The number of hydrogen-bond donors (Lipinski definition) is 1. The molecule has 0 fully saturated rings. The van der Waals surface area contributed by atoms with Crippen molar-refractivity contribution in [2.45, 2.75) is 20.0 Å². The van der Waals surface area contributed by atoms with Crippen LogP contribution < -0.4 is 4.74 Å². The molecule has 0 bridgehead atoms. The van der Waals surface area contributed by atoms with Gasteiger partial charge in [0.05, 0.1) is 0 Å². The first-order chi connectivity index (χ1) is 8.97. The third-order valence-corrected chi connectivity index (χ3v) is 3.19. The molecule has 1 unspecified atom stereocenters. The fraction of sp³-hybridized carbons (Fsp3) is 0.214. The Morgan fingerprint density at radius 3 is 2.74 bits per heavy atom. The molecule has 100 valence electrons. The highest BCUT2D eigenvalue weighted by molar-refractivity contribution is 9.10. The van der Waals surface area contributed by atoms with Crippen LogP contribution in [0.3, 0.4) is 0 Å². The van der Waals surface area contributed by atoms with Crippen molar-refractivity contribution in [2.24, 2.45) is 0 Å². The van der Waals surface area contributed by atoms with E-state index in [1.54, 1.807) is 6.07 Å². The molecule has 1 atom stereocenters. The van der Waals surface area contributed by atoms with E-state index in [9.17, 15) is 4.79 Å². The normalized spacial score (nSPS) is 12.2. The maximum atomic E-state index is 10.8. The second-order valence-electron chi connectivity index (χ2n) is 4.18. The molecule has 4 nitrogen and oxygen atoms in total. The van der Waals surface area contributed by atoms with Gasteiger partial charge in [-0.15, -0.1) is 0 Å². The molecule has 0 saturated heterocycles. The molecular weight excluding hydrogens is 312 g/mol. The van der Waals surface area contributed by atoms with Crippen LogP contribution in [-0.2, 0) is 0 Å². The Morgan fingerprint density at radius 1 is 1.37 bits per heavy atom. The molecule has 1 heterocycles. The summed E-state index contributed by atoms with van der Waals surface area (Å²) in [5, 5.41) is 8.81. The van der Waals surface area contributed by atoms with Gasteiger partial charge in [0.2, 0.25) is 5.76 Å². The molecule has 0 amide bonds. The Kier molecular flexibility index (Phi) is 3.95. The summed E-state index contributed by atoms with van der Waals surface area (Å²) in [6.07, 6.45) is -0.360. The minimum absolute atomic E-state index is 0.0867. The van der Waals surface area contributed by atoms with E-state index >= 15 is 0 Å². The fourth-order valence-corrected chi connectivity index (χ4v) is 1.98. The van der Waals surface area contributed by atoms with E-state index in [4.69, 9.17) is 14.3 Å². The smallest absolute Gasteiger partial charge is 0.371 e. The average molecular weight is 325 g/mol. The van der Waals surface area contributed by atoms with E-state index in [0.29, 0.717) is 5.76 Å². The van der Waals surface area contributed by atoms with Crippen molar-refractivity contribution in [2.75, 3.05) is 0 Å².